The van der Waals surface area contributed by atoms with E-state index >= 15 is 0 Å². The van der Waals surface area contributed by atoms with E-state index in [2.05, 4.69) is 4.74 Å². The minimum Gasteiger partial charge on any atom is -0.465 e. The number of carbonyl (C=O) groups excluding carboxylic acids is 1. The lowest BCUT2D eigenvalue weighted by atomic mass is 10.1. The number of hydrogen-bond acceptors (Lipinski definition) is 4. The van der Waals surface area contributed by atoms with E-state index in [1.54, 1.807) is 12.1 Å². The van der Waals surface area contributed by atoms with Gasteiger partial charge in [0.05, 0.1) is 23.4 Å². The number of methoxy groups -OCH3 is 1. The highest BCUT2D eigenvalue weighted by atomic mass is 35.5. The summed E-state index contributed by atoms with van der Waals surface area (Å²) in [5.41, 5.74) is 1.75. The average Bonchev–Trinajstić information content (AvgIpc) is 2.90. The van der Waals surface area contributed by atoms with E-state index in [9.17, 15) is 13.2 Å². The van der Waals surface area contributed by atoms with E-state index in [0.29, 0.717) is 12.1 Å². The number of ether oxygens (including phenoxy) is 1. The molecule has 2 aromatic rings. The number of sulfonamides is 1. The maximum absolute atomic E-state index is 13.2. The summed E-state index contributed by atoms with van der Waals surface area (Å²) in [7, 11) is -2.66. The number of benzene rings is 2. The molecule has 0 N–H and O–H groups in total. The Labute approximate surface area is 145 Å². The highest BCUT2D eigenvalue weighted by molar-refractivity contribution is 7.93. The van der Waals surface area contributed by atoms with Crippen LogP contribution >= 0.6 is 11.6 Å². The summed E-state index contributed by atoms with van der Waals surface area (Å²) >= 11 is 6.12. The van der Waals surface area contributed by atoms with Crippen molar-refractivity contribution in [2.24, 2.45) is 0 Å². The molecule has 5 nitrogen and oxygen atoms in total. The monoisotopic (exact) mass is 365 g/mol. The topological polar surface area (TPSA) is 63.7 Å². The van der Waals surface area contributed by atoms with Crippen molar-refractivity contribution in [3.63, 3.8) is 0 Å². The number of hydrogen-bond donors (Lipinski definition) is 0. The van der Waals surface area contributed by atoms with Gasteiger partial charge in [-0.05, 0) is 43.2 Å². The van der Waals surface area contributed by atoms with Crippen LogP contribution in [0.1, 0.15) is 22.8 Å². The second kappa shape index (κ2) is 6.11. The Morgan fingerprint density at radius 2 is 1.96 bits per heavy atom. The Morgan fingerprint density at radius 3 is 2.67 bits per heavy atom. The number of nitrogens with zero attached hydrogens (tertiary/aromatic N) is 1. The van der Waals surface area contributed by atoms with Gasteiger partial charge in [-0.15, -0.1) is 0 Å². The van der Waals surface area contributed by atoms with Crippen molar-refractivity contribution in [3.8, 4) is 0 Å². The number of para-hydroxylation sites is 1. The van der Waals surface area contributed by atoms with Crippen LogP contribution in [0.4, 0.5) is 5.69 Å². The molecule has 2 aromatic carbocycles. The van der Waals surface area contributed by atoms with Gasteiger partial charge in [0.2, 0.25) is 0 Å². The van der Waals surface area contributed by atoms with Crippen molar-refractivity contribution in [2.45, 2.75) is 24.3 Å². The molecule has 0 saturated carbocycles. The highest BCUT2D eigenvalue weighted by Crippen LogP contribution is 2.38. The minimum absolute atomic E-state index is 0.0687. The van der Waals surface area contributed by atoms with Crippen molar-refractivity contribution in [2.75, 3.05) is 11.4 Å². The molecule has 1 heterocycles. The average molecular weight is 366 g/mol. The van der Waals surface area contributed by atoms with E-state index < -0.39 is 16.0 Å². The number of rotatable bonds is 3. The first-order valence-electron chi connectivity index (χ1n) is 7.36. The second-order valence-corrected chi connectivity index (χ2v) is 7.81. The third kappa shape index (κ3) is 2.65. The summed E-state index contributed by atoms with van der Waals surface area (Å²) in [6, 6.07) is 11.2. The van der Waals surface area contributed by atoms with Crippen LogP contribution in [-0.4, -0.2) is 27.5 Å². The van der Waals surface area contributed by atoms with E-state index in [4.69, 9.17) is 11.6 Å². The molecule has 0 aromatic heterocycles. The summed E-state index contributed by atoms with van der Waals surface area (Å²) in [4.78, 5) is 11.6. The molecular formula is C17H16ClNO4S. The molecule has 126 valence electrons. The Hall–Kier alpha value is -2.05. The zero-order valence-corrected chi connectivity index (χ0v) is 14.8. The van der Waals surface area contributed by atoms with Gasteiger partial charge in [-0.3, -0.25) is 4.31 Å². The Balaban J connectivity index is 2.14. The summed E-state index contributed by atoms with van der Waals surface area (Å²) < 4.78 is 32.4. The molecule has 0 spiro atoms. The smallest absolute Gasteiger partial charge is 0.337 e. The molecule has 0 bridgehead atoms. The third-order valence-electron chi connectivity index (χ3n) is 4.03. The lowest BCUT2D eigenvalue weighted by Gasteiger charge is -2.25. The van der Waals surface area contributed by atoms with Gasteiger partial charge < -0.3 is 4.74 Å². The number of anilines is 1. The molecule has 1 aliphatic rings. The summed E-state index contributed by atoms with van der Waals surface area (Å²) in [5.74, 6) is -0.613. The van der Waals surface area contributed by atoms with Gasteiger partial charge in [0.15, 0.2) is 0 Å². The van der Waals surface area contributed by atoms with Crippen LogP contribution in [-0.2, 0) is 21.2 Å². The Morgan fingerprint density at radius 1 is 1.25 bits per heavy atom. The second-order valence-electron chi connectivity index (χ2n) is 5.62. The lowest BCUT2D eigenvalue weighted by Crippen LogP contribution is -2.36. The molecule has 1 atom stereocenters. The van der Waals surface area contributed by atoms with Crippen molar-refractivity contribution in [1.82, 2.24) is 0 Å². The number of fused-ring (bicyclic) bond motifs is 1. The molecular weight excluding hydrogens is 350 g/mol. The van der Waals surface area contributed by atoms with Gasteiger partial charge in [-0.1, -0.05) is 29.8 Å². The van der Waals surface area contributed by atoms with Gasteiger partial charge in [-0.25, -0.2) is 13.2 Å². The molecule has 0 fully saturated rings. The molecule has 1 aliphatic heterocycles. The van der Waals surface area contributed by atoms with Crippen molar-refractivity contribution in [3.05, 3.63) is 58.6 Å². The van der Waals surface area contributed by atoms with Crippen LogP contribution in [0, 0.1) is 0 Å². The summed E-state index contributed by atoms with van der Waals surface area (Å²) in [6.07, 6.45) is 0.629. The fraction of sp³-hybridized carbons (Fsp3) is 0.235. The molecule has 24 heavy (non-hydrogen) atoms. The van der Waals surface area contributed by atoms with Crippen LogP contribution < -0.4 is 4.31 Å². The fourth-order valence-electron chi connectivity index (χ4n) is 2.96. The van der Waals surface area contributed by atoms with Crippen molar-refractivity contribution >= 4 is 33.3 Å². The normalized spacial score (nSPS) is 16.8. The standard InChI is InChI=1S/C17H16ClNO4S/c1-11-9-12-5-3-4-6-15(12)19(11)24(21,22)16-10-13(17(20)23-2)7-8-14(16)18/h3-8,10-11H,9H2,1-2H3/t11-/m1/s1. The fourth-order valence-corrected chi connectivity index (χ4v) is 5.15. The summed E-state index contributed by atoms with van der Waals surface area (Å²) in [5, 5.41) is 0.0687. The molecule has 0 amide bonds. The molecule has 3 rings (SSSR count). The van der Waals surface area contributed by atoms with Crippen LogP contribution in [0.5, 0.6) is 0 Å². The van der Waals surface area contributed by atoms with E-state index in [0.717, 1.165) is 5.56 Å². The van der Waals surface area contributed by atoms with Gasteiger partial charge in [-0.2, -0.15) is 0 Å². The van der Waals surface area contributed by atoms with E-state index in [1.165, 1.54) is 29.6 Å². The maximum atomic E-state index is 13.2. The first kappa shape index (κ1) is 16.8. The molecule has 7 heteroatoms. The Bertz CT molecular complexity index is 911. The molecule has 0 aliphatic carbocycles. The van der Waals surface area contributed by atoms with Crippen LogP contribution in [0.25, 0.3) is 0 Å². The summed E-state index contributed by atoms with van der Waals surface area (Å²) in [6.45, 7) is 1.84. The number of carbonyl (C=O) groups is 1. The van der Waals surface area contributed by atoms with E-state index in [1.807, 2.05) is 19.1 Å². The molecule has 0 radical (unpaired) electrons. The van der Waals surface area contributed by atoms with Crippen molar-refractivity contribution < 1.29 is 17.9 Å². The maximum Gasteiger partial charge on any atom is 0.337 e. The largest absolute Gasteiger partial charge is 0.465 e. The predicted octanol–water partition coefficient (Wildman–Crippen LogP) is 3.27. The van der Waals surface area contributed by atoms with Gasteiger partial charge in [0, 0.05) is 6.04 Å². The number of halogens is 1. The van der Waals surface area contributed by atoms with Crippen molar-refractivity contribution in [1.29, 1.82) is 0 Å². The van der Waals surface area contributed by atoms with E-state index in [-0.39, 0.29) is 21.5 Å². The van der Waals surface area contributed by atoms with Gasteiger partial charge in [0.25, 0.3) is 10.0 Å². The zero-order valence-electron chi connectivity index (χ0n) is 13.2. The lowest BCUT2D eigenvalue weighted by molar-refractivity contribution is 0.0600. The quantitative estimate of drug-likeness (QED) is 0.783. The van der Waals surface area contributed by atoms with Gasteiger partial charge >= 0.3 is 5.97 Å². The highest BCUT2D eigenvalue weighted by Gasteiger charge is 2.37. The van der Waals surface area contributed by atoms with Crippen LogP contribution in [0.15, 0.2) is 47.4 Å². The van der Waals surface area contributed by atoms with Crippen LogP contribution in [0.3, 0.4) is 0 Å². The SMILES string of the molecule is COC(=O)c1ccc(Cl)c(S(=O)(=O)N2c3ccccc3C[C@H]2C)c1. The molecule has 0 unspecified atom stereocenters. The predicted molar refractivity (Wildman–Crippen MR) is 92.1 cm³/mol. The molecule has 0 saturated heterocycles. The minimum atomic E-state index is -3.90. The van der Waals surface area contributed by atoms with Crippen LogP contribution in [0.2, 0.25) is 5.02 Å². The first-order valence-corrected chi connectivity index (χ1v) is 9.18. The first-order chi connectivity index (χ1) is 11.4. The number of esters is 1. The Kier molecular flexibility index (Phi) is 4.27. The third-order valence-corrected chi connectivity index (χ3v) is 6.44. The zero-order chi connectivity index (χ0) is 17.5. The van der Waals surface area contributed by atoms with Gasteiger partial charge in [0.1, 0.15) is 4.90 Å².